The molecule has 1 saturated heterocycles. The van der Waals surface area contributed by atoms with Gasteiger partial charge >= 0.3 is 0 Å². The topological polar surface area (TPSA) is 18.5 Å². The molecule has 2 nitrogen and oxygen atoms in total. The van der Waals surface area contributed by atoms with E-state index in [1.54, 1.807) is 0 Å². The van der Waals surface area contributed by atoms with Crippen LogP contribution < -0.4 is 0 Å². The Hall–Kier alpha value is -0.860. The third-order valence-corrected chi connectivity index (χ3v) is 4.24. The van der Waals surface area contributed by atoms with Gasteiger partial charge < -0.3 is 9.47 Å². The van der Waals surface area contributed by atoms with E-state index in [0.717, 1.165) is 32.5 Å². The third-order valence-electron chi connectivity index (χ3n) is 4.24. The van der Waals surface area contributed by atoms with Crippen LogP contribution in [0.5, 0.6) is 0 Å². The minimum absolute atomic E-state index is 0.218. The quantitative estimate of drug-likeness (QED) is 0.807. The molecule has 0 amide bonds. The third kappa shape index (κ3) is 2.93. The first-order valence-corrected chi connectivity index (χ1v) is 6.93. The molecular weight excluding hydrogens is 224 g/mol. The van der Waals surface area contributed by atoms with Gasteiger partial charge in [0, 0.05) is 11.8 Å². The maximum atomic E-state index is 6.04. The standard InChI is InChI=1S/C16H24O2/c1-4-16(5-2)12-17-15(3,18-13-16)11-14-9-7-6-8-10-14/h6-10H,4-5,11-13H2,1-3H3. The van der Waals surface area contributed by atoms with Crippen molar-refractivity contribution >= 4 is 0 Å². The number of hydrogen-bond acceptors (Lipinski definition) is 2. The van der Waals surface area contributed by atoms with Crippen LogP contribution in [0.25, 0.3) is 0 Å². The first-order chi connectivity index (χ1) is 8.61. The summed E-state index contributed by atoms with van der Waals surface area (Å²) in [5.74, 6) is -0.463. The fraction of sp³-hybridized carbons (Fsp3) is 0.625. The predicted molar refractivity (Wildman–Crippen MR) is 73.5 cm³/mol. The van der Waals surface area contributed by atoms with E-state index < -0.39 is 5.79 Å². The fourth-order valence-electron chi connectivity index (χ4n) is 2.42. The van der Waals surface area contributed by atoms with E-state index in [-0.39, 0.29) is 5.41 Å². The summed E-state index contributed by atoms with van der Waals surface area (Å²) >= 11 is 0. The van der Waals surface area contributed by atoms with E-state index in [0.29, 0.717) is 0 Å². The minimum Gasteiger partial charge on any atom is -0.349 e. The van der Waals surface area contributed by atoms with Crippen LogP contribution >= 0.6 is 0 Å². The van der Waals surface area contributed by atoms with Crippen LogP contribution in [0.4, 0.5) is 0 Å². The van der Waals surface area contributed by atoms with E-state index in [4.69, 9.17) is 9.47 Å². The van der Waals surface area contributed by atoms with Crippen LogP contribution in [-0.2, 0) is 15.9 Å². The summed E-state index contributed by atoms with van der Waals surface area (Å²) in [4.78, 5) is 0. The lowest BCUT2D eigenvalue weighted by Gasteiger charge is -2.44. The lowest BCUT2D eigenvalue weighted by molar-refractivity contribution is -0.295. The Morgan fingerprint density at radius 3 is 2.06 bits per heavy atom. The summed E-state index contributed by atoms with van der Waals surface area (Å²) in [7, 11) is 0. The van der Waals surface area contributed by atoms with Crippen molar-refractivity contribution in [2.45, 2.75) is 45.8 Å². The Labute approximate surface area is 110 Å². The van der Waals surface area contributed by atoms with Gasteiger partial charge in [-0.15, -0.1) is 0 Å². The lowest BCUT2D eigenvalue weighted by Crippen LogP contribution is -2.48. The average Bonchev–Trinajstić information content (AvgIpc) is 2.41. The highest BCUT2D eigenvalue weighted by atomic mass is 16.7. The second-order valence-electron chi connectivity index (χ2n) is 5.58. The van der Waals surface area contributed by atoms with Gasteiger partial charge in [0.15, 0.2) is 5.79 Å². The SMILES string of the molecule is CCC1(CC)COC(C)(Cc2ccccc2)OC1. The summed E-state index contributed by atoms with van der Waals surface area (Å²) in [6, 6.07) is 10.4. The van der Waals surface area contributed by atoms with Crippen LogP contribution in [-0.4, -0.2) is 19.0 Å². The van der Waals surface area contributed by atoms with Gasteiger partial charge in [-0.05, 0) is 25.3 Å². The highest BCUT2D eigenvalue weighted by molar-refractivity contribution is 5.16. The summed E-state index contributed by atoms with van der Waals surface area (Å²) in [6.07, 6.45) is 3.05. The molecule has 1 aromatic carbocycles. The Morgan fingerprint density at radius 1 is 1.00 bits per heavy atom. The molecular formula is C16H24O2. The van der Waals surface area contributed by atoms with E-state index >= 15 is 0 Å². The summed E-state index contributed by atoms with van der Waals surface area (Å²) in [5.41, 5.74) is 1.48. The van der Waals surface area contributed by atoms with E-state index in [1.807, 2.05) is 6.07 Å². The molecule has 2 heteroatoms. The first-order valence-electron chi connectivity index (χ1n) is 6.93. The first kappa shape index (κ1) is 13.6. The van der Waals surface area contributed by atoms with Crippen LogP contribution in [0.3, 0.4) is 0 Å². The highest BCUT2D eigenvalue weighted by Gasteiger charge is 2.40. The zero-order valence-corrected chi connectivity index (χ0v) is 11.7. The Kier molecular flexibility index (Phi) is 4.08. The molecule has 0 aliphatic carbocycles. The van der Waals surface area contributed by atoms with Gasteiger partial charge in [0.1, 0.15) is 0 Å². The molecule has 1 aliphatic heterocycles. The maximum absolute atomic E-state index is 6.04. The summed E-state index contributed by atoms with van der Waals surface area (Å²) in [6.45, 7) is 8.11. The maximum Gasteiger partial charge on any atom is 0.169 e. The monoisotopic (exact) mass is 248 g/mol. The van der Waals surface area contributed by atoms with Crippen molar-refractivity contribution in [3.63, 3.8) is 0 Å². The van der Waals surface area contributed by atoms with Gasteiger partial charge in [-0.3, -0.25) is 0 Å². The largest absolute Gasteiger partial charge is 0.349 e. The van der Waals surface area contributed by atoms with Crippen molar-refractivity contribution in [3.8, 4) is 0 Å². The van der Waals surface area contributed by atoms with Crippen LogP contribution in [0.2, 0.25) is 0 Å². The van der Waals surface area contributed by atoms with Gasteiger partial charge in [0.25, 0.3) is 0 Å². The summed E-state index contributed by atoms with van der Waals surface area (Å²) in [5, 5.41) is 0. The number of ether oxygens (including phenoxy) is 2. The van der Waals surface area contributed by atoms with Gasteiger partial charge in [-0.1, -0.05) is 44.2 Å². The second kappa shape index (κ2) is 5.41. The molecule has 0 spiro atoms. The van der Waals surface area contributed by atoms with Gasteiger partial charge in [-0.25, -0.2) is 0 Å². The predicted octanol–water partition coefficient (Wildman–Crippen LogP) is 3.80. The summed E-state index contributed by atoms with van der Waals surface area (Å²) < 4.78 is 12.1. The molecule has 0 unspecified atom stereocenters. The van der Waals surface area contributed by atoms with E-state index in [9.17, 15) is 0 Å². The highest BCUT2D eigenvalue weighted by Crippen LogP contribution is 2.36. The lowest BCUT2D eigenvalue weighted by atomic mass is 9.83. The molecule has 0 bridgehead atoms. The molecule has 1 aromatic rings. The zero-order valence-electron chi connectivity index (χ0n) is 11.7. The number of hydrogen-bond donors (Lipinski definition) is 0. The van der Waals surface area contributed by atoms with Crippen molar-refractivity contribution in [1.82, 2.24) is 0 Å². The molecule has 0 saturated carbocycles. The molecule has 18 heavy (non-hydrogen) atoms. The Balaban J connectivity index is 1.99. The van der Waals surface area contributed by atoms with Crippen molar-refractivity contribution < 1.29 is 9.47 Å². The van der Waals surface area contributed by atoms with E-state index in [1.165, 1.54) is 5.56 Å². The fourth-order valence-corrected chi connectivity index (χ4v) is 2.42. The average molecular weight is 248 g/mol. The molecule has 1 fully saturated rings. The van der Waals surface area contributed by atoms with Crippen molar-refractivity contribution in [3.05, 3.63) is 35.9 Å². The molecule has 1 aliphatic rings. The van der Waals surface area contributed by atoms with Crippen LogP contribution in [0.1, 0.15) is 39.2 Å². The van der Waals surface area contributed by atoms with Crippen LogP contribution in [0, 0.1) is 5.41 Å². The van der Waals surface area contributed by atoms with Gasteiger partial charge in [-0.2, -0.15) is 0 Å². The number of benzene rings is 1. The number of rotatable bonds is 4. The molecule has 2 rings (SSSR count). The molecule has 1 heterocycles. The van der Waals surface area contributed by atoms with E-state index in [2.05, 4.69) is 45.0 Å². The molecule has 0 N–H and O–H groups in total. The Bertz CT molecular complexity index is 358. The normalized spacial score (nSPS) is 21.7. The minimum atomic E-state index is -0.463. The van der Waals surface area contributed by atoms with Crippen molar-refractivity contribution in [1.29, 1.82) is 0 Å². The van der Waals surface area contributed by atoms with Crippen molar-refractivity contribution in [2.75, 3.05) is 13.2 Å². The molecule has 100 valence electrons. The molecule has 0 aromatic heterocycles. The molecule has 0 radical (unpaired) electrons. The Morgan fingerprint density at radius 2 is 1.56 bits per heavy atom. The smallest absolute Gasteiger partial charge is 0.169 e. The van der Waals surface area contributed by atoms with Gasteiger partial charge in [0.2, 0.25) is 0 Å². The van der Waals surface area contributed by atoms with Gasteiger partial charge in [0.05, 0.1) is 13.2 Å². The molecule has 0 atom stereocenters. The van der Waals surface area contributed by atoms with Crippen molar-refractivity contribution in [2.24, 2.45) is 5.41 Å². The second-order valence-corrected chi connectivity index (χ2v) is 5.58. The van der Waals surface area contributed by atoms with Crippen LogP contribution in [0.15, 0.2) is 30.3 Å². The zero-order chi connectivity index (χ0) is 13.1.